The summed E-state index contributed by atoms with van der Waals surface area (Å²) in [7, 11) is 0. The first kappa shape index (κ1) is 26.7. The Bertz CT molecular complexity index is 1530. The Balaban J connectivity index is 1.33. The van der Waals surface area contributed by atoms with Gasteiger partial charge in [-0.3, -0.25) is 9.59 Å². The molecule has 0 atom stereocenters. The number of hydrogen-bond acceptors (Lipinski definition) is 6. The van der Waals surface area contributed by atoms with Gasteiger partial charge in [0.2, 0.25) is 0 Å². The smallest absolute Gasteiger partial charge is 0.254 e. The molecule has 0 unspecified atom stereocenters. The monoisotopic (exact) mass is 543 g/mol. The highest BCUT2D eigenvalue weighted by Crippen LogP contribution is 2.38. The first-order chi connectivity index (χ1) is 18.7. The molecule has 2 aromatic heterocycles. The molecule has 1 amide bonds. The minimum Gasteiger partial charge on any atom is -0.459 e. The number of nitrogen functional groups attached to an aromatic ring is 1. The largest absolute Gasteiger partial charge is 0.459 e. The highest BCUT2D eigenvalue weighted by Gasteiger charge is 2.28. The number of ketones is 1. The third-order valence-electron chi connectivity index (χ3n) is 6.89. The van der Waals surface area contributed by atoms with Crippen LogP contribution in [0.3, 0.4) is 0 Å². The van der Waals surface area contributed by atoms with E-state index < -0.39 is 5.41 Å². The first-order valence-corrected chi connectivity index (χ1v) is 13.2. The summed E-state index contributed by atoms with van der Waals surface area (Å²) in [6.45, 7) is 6.29. The molecular weight excluding hydrogens is 514 g/mol. The van der Waals surface area contributed by atoms with Gasteiger partial charge in [-0.25, -0.2) is 4.98 Å². The standard InChI is InChI=1S/C31H30ClN3O4/c1-31(2,18-25(36)9-3-20-4-10-28(33)34-19-20)27-17-24-15-23(16-26(32)29(24)39-27)21-5-7-22(8-6-21)30(37)35-11-13-38-14-12-35/h3-10,15-17,19H,11-14,18H2,1-2H3,(H2,33,34)/b9-3+. The number of anilines is 1. The summed E-state index contributed by atoms with van der Waals surface area (Å²) < 4.78 is 11.5. The molecule has 0 aliphatic carbocycles. The molecule has 4 aromatic rings. The lowest BCUT2D eigenvalue weighted by atomic mass is 9.84. The number of amides is 1. The average molecular weight is 544 g/mol. The molecule has 1 aliphatic heterocycles. The number of benzene rings is 2. The summed E-state index contributed by atoms with van der Waals surface area (Å²) in [4.78, 5) is 31.4. The van der Waals surface area contributed by atoms with Crippen molar-refractivity contribution in [3.8, 4) is 11.1 Å². The van der Waals surface area contributed by atoms with Crippen molar-refractivity contribution in [1.29, 1.82) is 0 Å². The number of halogens is 1. The molecule has 0 bridgehead atoms. The number of nitrogens with two attached hydrogens (primary N) is 1. The van der Waals surface area contributed by atoms with Gasteiger partial charge in [0.25, 0.3) is 5.91 Å². The summed E-state index contributed by atoms with van der Waals surface area (Å²) in [5, 5.41) is 1.34. The molecule has 3 heterocycles. The Labute approximate surface area is 232 Å². The lowest BCUT2D eigenvalue weighted by Crippen LogP contribution is -2.40. The van der Waals surface area contributed by atoms with Gasteiger partial charge in [-0.15, -0.1) is 0 Å². The van der Waals surface area contributed by atoms with E-state index in [0.29, 0.717) is 54.1 Å². The lowest BCUT2D eigenvalue weighted by molar-refractivity contribution is -0.115. The van der Waals surface area contributed by atoms with Crippen molar-refractivity contribution in [3.63, 3.8) is 0 Å². The number of nitrogens with zero attached hydrogens (tertiary/aromatic N) is 2. The third-order valence-corrected chi connectivity index (χ3v) is 7.17. The zero-order chi connectivity index (χ0) is 27.6. The summed E-state index contributed by atoms with van der Waals surface area (Å²) in [6.07, 6.45) is 5.16. The van der Waals surface area contributed by atoms with Gasteiger partial charge >= 0.3 is 0 Å². The van der Waals surface area contributed by atoms with Crippen LogP contribution < -0.4 is 5.73 Å². The summed E-state index contributed by atoms with van der Waals surface area (Å²) in [5.41, 5.74) is 8.95. The highest BCUT2D eigenvalue weighted by molar-refractivity contribution is 6.35. The molecule has 200 valence electrons. The molecular formula is C31H30ClN3O4. The fourth-order valence-corrected chi connectivity index (χ4v) is 4.92. The molecule has 1 saturated heterocycles. The second kappa shape index (κ2) is 11.0. The van der Waals surface area contributed by atoms with Crippen LogP contribution in [-0.2, 0) is 14.9 Å². The van der Waals surface area contributed by atoms with Crippen molar-refractivity contribution in [2.24, 2.45) is 0 Å². The Hall–Kier alpha value is -3.94. The lowest BCUT2D eigenvalue weighted by Gasteiger charge is -2.26. The zero-order valence-corrected chi connectivity index (χ0v) is 22.7. The number of carbonyl (C=O) groups excluding carboxylic acids is 2. The Kier molecular flexibility index (Phi) is 7.55. The molecule has 0 saturated carbocycles. The van der Waals surface area contributed by atoms with Gasteiger partial charge in [-0.1, -0.05) is 37.6 Å². The molecule has 0 spiro atoms. The normalized spacial score (nSPS) is 14.3. The number of allylic oxidation sites excluding steroid dienone is 1. The average Bonchev–Trinajstić information content (AvgIpc) is 3.39. The second-order valence-electron chi connectivity index (χ2n) is 10.3. The molecule has 2 N–H and O–H groups in total. The van der Waals surface area contributed by atoms with E-state index >= 15 is 0 Å². The molecule has 8 heteroatoms. The van der Waals surface area contributed by atoms with E-state index in [-0.39, 0.29) is 18.1 Å². The fourth-order valence-electron chi connectivity index (χ4n) is 4.65. The maximum Gasteiger partial charge on any atom is 0.254 e. The number of ether oxygens (including phenoxy) is 1. The summed E-state index contributed by atoms with van der Waals surface area (Å²) in [5.74, 6) is 1.09. The quantitative estimate of drug-likeness (QED) is 0.281. The van der Waals surface area contributed by atoms with E-state index in [1.807, 2.05) is 67.3 Å². The van der Waals surface area contributed by atoms with Crippen molar-refractivity contribution in [2.75, 3.05) is 32.0 Å². The van der Waals surface area contributed by atoms with Crippen LogP contribution in [0.25, 0.3) is 28.2 Å². The SMILES string of the molecule is CC(C)(CC(=O)/C=C/c1ccc(N)nc1)c1cc2cc(-c3ccc(C(=O)N4CCOCC4)cc3)cc(Cl)c2o1. The first-order valence-electron chi connectivity index (χ1n) is 12.8. The number of aromatic nitrogens is 1. The minimum absolute atomic E-state index is 0.00886. The van der Waals surface area contributed by atoms with Gasteiger partial charge < -0.3 is 19.8 Å². The third kappa shape index (κ3) is 6.05. The zero-order valence-electron chi connectivity index (χ0n) is 21.9. The number of furan rings is 1. The summed E-state index contributed by atoms with van der Waals surface area (Å²) in [6, 6.07) is 16.9. The maximum absolute atomic E-state index is 12.8. The summed E-state index contributed by atoms with van der Waals surface area (Å²) >= 11 is 6.63. The van der Waals surface area contributed by atoms with Crippen molar-refractivity contribution >= 4 is 46.2 Å². The van der Waals surface area contributed by atoms with Crippen molar-refractivity contribution in [3.05, 3.63) is 88.8 Å². The van der Waals surface area contributed by atoms with E-state index in [0.717, 1.165) is 22.1 Å². The predicted octanol–water partition coefficient (Wildman–Crippen LogP) is 6.15. The van der Waals surface area contributed by atoms with E-state index in [1.165, 1.54) is 0 Å². The van der Waals surface area contributed by atoms with Crippen LogP contribution in [0.1, 0.15) is 41.9 Å². The topological polar surface area (TPSA) is 98.7 Å². The van der Waals surface area contributed by atoms with Crippen LogP contribution in [0.4, 0.5) is 5.82 Å². The van der Waals surface area contributed by atoms with Crippen LogP contribution in [-0.4, -0.2) is 47.9 Å². The highest BCUT2D eigenvalue weighted by atomic mass is 35.5. The molecule has 7 nitrogen and oxygen atoms in total. The molecule has 5 rings (SSSR count). The Morgan fingerprint density at radius 1 is 1.05 bits per heavy atom. The van der Waals surface area contributed by atoms with Gasteiger partial charge in [0.1, 0.15) is 11.6 Å². The maximum atomic E-state index is 12.8. The van der Waals surface area contributed by atoms with E-state index in [1.54, 1.807) is 24.4 Å². The number of rotatable bonds is 7. The van der Waals surface area contributed by atoms with E-state index in [2.05, 4.69) is 4.98 Å². The number of pyridine rings is 1. The van der Waals surface area contributed by atoms with Crippen molar-refractivity contribution < 1.29 is 18.7 Å². The predicted molar refractivity (Wildman–Crippen MR) is 154 cm³/mol. The van der Waals surface area contributed by atoms with Crippen LogP contribution in [0.15, 0.2) is 71.3 Å². The molecule has 1 aliphatic rings. The van der Waals surface area contributed by atoms with Crippen LogP contribution in [0.2, 0.25) is 5.02 Å². The van der Waals surface area contributed by atoms with Gasteiger partial charge in [0.15, 0.2) is 11.4 Å². The molecule has 2 aromatic carbocycles. The molecule has 0 radical (unpaired) electrons. The van der Waals surface area contributed by atoms with E-state index in [9.17, 15) is 9.59 Å². The van der Waals surface area contributed by atoms with Crippen molar-refractivity contribution in [2.45, 2.75) is 25.7 Å². The number of morpholine rings is 1. The fraction of sp³-hybridized carbons (Fsp3) is 0.258. The molecule has 39 heavy (non-hydrogen) atoms. The van der Waals surface area contributed by atoms with Gasteiger partial charge in [0.05, 0.1) is 18.2 Å². The molecule has 1 fully saturated rings. The second-order valence-corrected chi connectivity index (χ2v) is 10.8. The number of fused-ring (bicyclic) bond motifs is 1. The Morgan fingerprint density at radius 2 is 1.79 bits per heavy atom. The van der Waals surface area contributed by atoms with E-state index in [4.69, 9.17) is 26.5 Å². The van der Waals surface area contributed by atoms with Crippen LogP contribution >= 0.6 is 11.6 Å². The Morgan fingerprint density at radius 3 is 2.49 bits per heavy atom. The van der Waals surface area contributed by atoms with Gasteiger partial charge in [-0.05, 0) is 71.3 Å². The number of hydrogen-bond donors (Lipinski definition) is 1. The minimum atomic E-state index is -0.551. The van der Waals surface area contributed by atoms with Crippen LogP contribution in [0.5, 0.6) is 0 Å². The van der Waals surface area contributed by atoms with Gasteiger partial charge in [-0.2, -0.15) is 0 Å². The van der Waals surface area contributed by atoms with Crippen molar-refractivity contribution in [1.82, 2.24) is 9.88 Å². The van der Waals surface area contributed by atoms with Gasteiger partial charge in [0, 0.05) is 42.1 Å². The van der Waals surface area contributed by atoms with Crippen LogP contribution in [0, 0.1) is 0 Å². The number of carbonyl (C=O) groups is 2.